The maximum Gasteiger partial charge on any atom is 0.257 e. The Morgan fingerprint density at radius 1 is 0.900 bits per heavy atom. The third-order valence-corrected chi connectivity index (χ3v) is 5.21. The largest absolute Gasteiger partial charge is 0.313 e. The van der Waals surface area contributed by atoms with E-state index in [2.05, 4.69) is 48.6 Å². The molecule has 1 heterocycles. The molecule has 1 aromatic heterocycles. The smallest absolute Gasteiger partial charge is 0.257 e. The Morgan fingerprint density at radius 2 is 1.63 bits per heavy atom. The summed E-state index contributed by atoms with van der Waals surface area (Å²) >= 11 is 0. The highest BCUT2D eigenvalue weighted by Gasteiger charge is 2.19. The molecule has 0 radical (unpaired) electrons. The Hall–Kier alpha value is -3.66. The Balaban J connectivity index is 1.73. The number of rotatable bonds is 5. The lowest BCUT2D eigenvalue weighted by atomic mass is 10.0. The Morgan fingerprint density at radius 3 is 2.33 bits per heavy atom. The summed E-state index contributed by atoms with van der Waals surface area (Å²) < 4.78 is 1.97. The Kier molecular flexibility index (Phi) is 5.48. The predicted octanol–water partition coefficient (Wildman–Crippen LogP) is 5.55. The SMILES string of the molecule is Cc1ccc(-c2c(Cc3ccccc3)nc(NC(=O)c3cccc(C)c3)n2C)cc1. The molecule has 0 saturated heterocycles. The van der Waals surface area contributed by atoms with E-state index in [1.54, 1.807) is 0 Å². The topological polar surface area (TPSA) is 46.9 Å². The quantitative estimate of drug-likeness (QED) is 0.482. The van der Waals surface area contributed by atoms with E-state index in [1.165, 1.54) is 11.1 Å². The standard InChI is InChI=1S/C26H25N3O/c1-18-12-14-21(15-13-18)24-23(17-20-9-5-4-6-10-20)27-26(29(24)3)28-25(30)22-11-7-8-19(2)16-22/h4-16H,17H2,1-3H3,(H,27,28,30). The first kappa shape index (κ1) is 19.6. The van der Waals surface area contributed by atoms with Gasteiger partial charge in [0.05, 0.1) is 11.4 Å². The molecule has 0 fully saturated rings. The molecule has 1 amide bonds. The zero-order valence-electron chi connectivity index (χ0n) is 17.5. The Bertz CT molecular complexity index is 1170. The molecule has 0 aliphatic carbocycles. The number of imidazole rings is 1. The molecular weight excluding hydrogens is 370 g/mol. The van der Waals surface area contributed by atoms with E-state index in [0.29, 0.717) is 17.9 Å². The fourth-order valence-corrected chi connectivity index (χ4v) is 3.61. The van der Waals surface area contributed by atoms with Gasteiger partial charge in [-0.05, 0) is 31.5 Å². The summed E-state index contributed by atoms with van der Waals surface area (Å²) in [4.78, 5) is 17.6. The monoisotopic (exact) mass is 395 g/mol. The van der Waals surface area contributed by atoms with Gasteiger partial charge in [-0.3, -0.25) is 10.1 Å². The number of aromatic nitrogens is 2. The summed E-state index contributed by atoms with van der Waals surface area (Å²) in [5.74, 6) is 0.386. The minimum absolute atomic E-state index is 0.159. The van der Waals surface area contributed by atoms with Crippen LogP contribution in [0.4, 0.5) is 5.95 Å². The Labute approximate surface area is 177 Å². The van der Waals surface area contributed by atoms with Crippen molar-refractivity contribution in [1.29, 1.82) is 0 Å². The molecule has 4 heteroatoms. The fourth-order valence-electron chi connectivity index (χ4n) is 3.61. The van der Waals surface area contributed by atoms with E-state index in [4.69, 9.17) is 4.98 Å². The number of carbonyl (C=O) groups is 1. The summed E-state index contributed by atoms with van der Waals surface area (Å²) in [6, 6.07) is 26.2. The zero-order chi connectivity index (χ0) is 21.1. The minimum Gasteiger partial charge on any atom is -0.313 e. The van der Waals surface area contributed by atoms with Crippen molar-refractivity contribution in [3.63, 3.8) is 0 Å². The van der Waals surface area contributed by atoms with E-state index < -0.39 is 0 Å². The molecule has 0 aliphatic rings. The second kappa shape index (κ2) is 8.37. The number of carbonyl (C=O) groups excluding carboxylic acids is 1. The van der Waals surface area contributed by atoms with Crippen LogP contribution in [-0.2, 0) is 13.5 Å². The lowest BCUT2D eigenvalue weighted by Crippen LogP contribution is -2.15. The van der Waals surface area contributed by atoms with E-state index >= 15 is 0 Å². The molecule has 0 spiro atoms. The molecule has 0 bridgehead atoms. The molecular formula is C26H25N3O. The highest BCUT2D eigenvalue weighted by Crippen LogP contribution is 2.29. The average molecular weight is 396 g/mol. The first-order chi connectivity index (χ1) is 14.5. The number of anilines is 1. The van der Waals surface area contributed by atoms with Crippen molar-refractivity contribution >= 4 is 11.9 Å². The first-order valence-corrected chi connectivity index (χ1v) is 10.1. The number of nitrogens with one attached hydrogen (secondary N) is 1. The molecule has 1 N–H and O–H groups in total. The van der Waals surface area contributed by atoms with E-state index in [-0.39, 0.29) is 5.91 Å². The second-order valence-electron chi connectivity index (χ2n) is 7.64. The lowest BCUT2D eigenvalue weighted by Gasteiger charge is -2.09. The van der Waals surface area contributed by atoms with Gasteiger partial charge in [-0.15, -0.1) is 0 Å². The van der Waals surface area contributed by atoms with Crippen LogP contribution in [0.15, 0.2) is 78.9 Å². The summed E-state index contributed by atoms with van der Waals surface area (Å²) in [6.45, 7) is 4.05. The molecule has 0 aliphatic heterocycles. The van der Waals surface area contributed by atoms with Crippen molar-refractivity contribution in [2.75, 3.05) is 5.32 Å². The van der Waals surface area contributed by atoms with Gasteiger partial charge in [-0.1, -0.05) is 77.9 Å². The third-order valence-electron chi connectivity index (χ3n) is 5.21. The van der Waals surface area contributed by atoms with Crippen LogP contribution >= 0.6 is 0 Å². The van der Waals surface area contributed by atoms with Crippen molar-refractivity contribution in [1.82, 2.24) is 9.55 Å². The van der Waals surface area contributed by atoms with Gasteiger partial charge >= 0.3 is 0 Å². The molecule has 4 nitrogen and oxygen atoms in total. The minimum atomic E-state index is -0.159. The van der Waals surface area contributed by atoms with Crippen molar-refractivity contribution in [2.24, 2.45) is 7.05 Å². The summed E-state index contributed by atoms with van der Waals surface area (Å²) in [7, 11) is 1.95. The molecule has 150 valence electrons. The molecule has 0 saturated carbocycles. The molecule has 0 atom stereocenters. The summed E-state index contributed by atoms with van der Waals surface area (Å²) in [5.41, 5.74) is 7.09. The van der Waals surface area contributed by atoms with Crippen LogP contribution in [-0.4, -0.2) is 15.5 Å². The van der Waals surface area contributed by atoms with Crippen molar-refractivity contribution in [3.8, 4) is 11.3 Å². The highest BCUT2D eigenvalue weighted by molar-refractivity contribution is 6.03. The van der Waals surface area contributed by atoms with Crippen LogP contribution in [0.5, 0.6) is 0 Å². The molecule has 3 aromatic carbocycles. The second-order valence-corrected chi connectivity index (χ2v) is 7.64. The van der Waals surface area contributed by atoms with E-state index in [9.17, 15) is 4.79 Å². The molecule has 4 aromatic rings. The van der Waals surface area contributed by atoms with Gasteiger partial charge in [0.15, 0.2) is 0 Å². The van der Waals surface area contributed by atoms with Gasteiger partial charge in [-0.2, -0.15) is 0 Å². The van der Waals surface area contributed by atoms with Crippen LogP contribution in [0.25, 0.3) is 11.3 Å². The van der Waals surface area contributed by atoms with Crippen molar-refractivity contribution in [3.05, 3.63) is 107 Å². The summed E-state index contributed by atoms with van der Waals surface area (Å²) in [5, 5.41) is 2.99. The number of amides is 1. The van der Waals surface area contributed by atoms with Crippen LogP contribution in [0.3, 0.4) is 0 Å². The van der Waals surface area contributed by atoms with Gasteiger partial charge in [0.1, 0.15) is 0 Å². The number of hydrogen-bond acceptors (Lipinski definition) is 2. The number of hydrogen-bond donors (Lipinski definition) is 1. The van der Waals surface area contributed by atoms with Gasteiger partial charge in [0, 0.05) is 24.6 Å². The van der Waals surface area contributed by atoms with Crippen molar-refractivity contribution in [2.45, 2.75) is 20.3 Å². The van der Waals surface area contributed by atoms with Crippen LogP contribution in [0.1, 0.15) is 32.7 Å². The number of nitrogens with zero attached hydrogens (tertiary/aromatic N) is 2. The fraction of sp³-hybridized carbons (Fsp3) is 0.154. The summed E-state index contributed by atoms with van der Waals surface area (Å²) in [6.07, 6.45) is 0.693. The predicted molar refractivity (Wildman–Crippen MR) is 122 cm³/mol. The maximum atomic E-state index is 12.8. The number of aryl methyl sites for hydroxylation is 2. The van der Waals surface area contributed by atoms with E-state index in [1.807, 2.05) is 61.0 Å². The van der Waals surface area contributed by atoms with Gasteiger partial charge in [0.25, 0.3) is 5.91 Å². The molecule has 30 heavy (non-hydrogen) atoms. The van der Waals surface area contributed by atoms with Gasteiger partial charge in [-0.25, -0.2) is 4.98 Å². The van der Waals surface area contributed by atoms with Crippen molar-refractivity contribution < 1.29 is 4.79 Å². The zero-order valence-corrected chi connectivity index (χ0v) is 17.5. The average Bonchev–Trinajstić information content (AvgIpc) is 3.04. The van der Waals surface area contributed by atoms with Crippen LogP contribution < -0.4 is 5.32 Å². The van der Waals surface area contributed by atoms with Crippen LogP contribution in [0.2, 0.25) is 0 Å². The lowest BCUT2D eigenvalue weighted by molar-refractivity contribution is 0.102. The molecule has 0 unspecified atom stereocenters. The number of benzene rings is 3. The first-order valence-electron chi connectivity index (χ1n) is 10.1. The van der Waals surface area contributed by atoms with Gasteiger partial charge < -0.3 is 4.57 Å². The molecule has 4 rings (SSSR count). The maximum absolute atomic E-state index is 12.8. The van der Waals surface area contributed by atoms with E-state index in [0.717, 1.165) is 22.5 Å². The normalized spacial score (nSPS) is 10.8. The highest BCUT2D eigenvalue weighted by atomic mass is 16.1. The van der Waals surface area contributed by atoms with Gasteiger partial charge in [0.2, 0.25) is 5.95 Å². The third kappa shape index (κ3) is 4.18. The van der Waals surface area contributed by atoms with Crippen LogP contribution in [0, 0.1) is 13.8 Å².